The topological polar surface area (TPSA) is 71.4 Å². The molecule has 39 heavy (non-hydrogen) atoms. The summed E-state index contributed by atoms with van der Waals surface area (Å²) >= 11 is 5.90. The molecule has 1 aliphatic heterocycles. The maximum absolute atomic E-state index is 12.5. The molecule has 2 aromatic heterocycles. The van der Waals surface area contributed by atoms with Crippen LogP contribution in [0.5, 0.6) is 5.75 Å². The fourth-order valence-electron chi connectivity index (χ4n) is 5.51. The van der Waals surface area contributed by atoms with Crippen LogP contribution in [0.25, 0.3) is 0 Å². The van der Waals surface area contributed by atoms with Crippen LogP contribution in [0.2, 0.25) is 0 Å². The van der Waals surface area contributed by atoms with Crippen molar-refractivity contribution in [1.82, 2.24) is 14.9 Å². The molecule has 3 heterocycles. The number of carbonyl (C=O) groups is 1. The third-order valence-corrected chi connectivity index (χ3v) is 7.71. The number of anilines is 2. The molecule has 2 N–H and O–H groups in total. The molecular weight excluding hydrogens is 506 g/mol. The van der Waals surface area contributed by atoms with Gasteiger partial charge in [0.25, 0.3) is 5.91 Å². The summed E-state index contributed by atoms with van der Waals surface area (Å²) in [4.78, 5) is 19.3. The highest BCUT2D eigenvalue weighted by Gasteiger charge is 2.43. The second kappa shape index (κ2) is 10.5. The first kappa shape index (κ1) is 25.1. The predicted molar refractivity (Wildman–Crippen MR) is 157 cm³/mol. The summed E-state index contributed by atoms with van der Waals surface area (Å²) < 4.78 is 8.04. The molecule has 1 aliphatic carbocycles. The van der Waals surface area contributed by atoms with E-state index in [0.29, 0.717) is 22.6 Å². The van der Waals surface area contributed by atoms with Crippen LogP contribution in [0.3, 0.4) is 0 Å². The van der Waals surface area contributed by atoms with E-state index in [2.05, 4.69) is 45.0 Å². The van der Waals surface area contributed by atoms with Crippen molar-refractivity contribution >= 4 is 34.6 Å². The molecule has 2 aliphatic rings. The van der Waals surface area contributed by atoms with E-state index in [1.165, 1.54) is 29.8 Å². The van der Waals surface area contributed by atoms with E-state index in [9.17, 15) is 4.79 Å². The Balaban J connectivity index is 1.26. The van der Waals surface area contributed by atoms with Crippen molar-refractivity contribution in [3.63, 3.8) is 0 Å². The largest absolute Gasteiger partial charge is 0.484 e. The summed E-state index contributed by atoms with van der Waals surface area (Å²) in [5.74, 6) is 0.443. The fraction of sp³-hybridized carbons (Fsp3) is 0.258. The first-order valence-corrected chi connectivity index (χ1v) is 13.7. The van der Waals surface area contributed by atoms with Crippen molar-refractivity contribution in [3.05, 3.63) is 108 Å². The van der Waals surface area contributed by atoms with Gasteiger partial charge in [-0.3, -0.25) is 9.78 Å². The van der Waals surface area contributed by atoms with Crippen molar-refractivity contribution in [2.45, 2.75) is 44.8 Å². The number of amides is 1. The lowest BCUT2D eigenvalue weighted by molar-refractivity contribution is -0.118. The molecule has 1 saturated carbocycles. The highest BCUT2D eigenvalue weighted by atomic mass is 32.1. The van der Waals surface area contributed by atoms with Crippen LogP contribution in [0.4, 0.5) is 11.4 Å². The third-order valence-electron chi connectivity index (χ3n) is 7.39. The first-order chi connectivity index (χ1) is 19.0. The van der Waals surface area contributed by atoms with Gasteiger partial charge in [-0.25, -0.2) is 0 Å². The van der Waals surface area contributed by atoms with Gasteiger partial charge in [0.05, 0.1) is 17.8 Å². The molecule has 2 aromatic carbocycles. The van der Waals surface area contributed by atoms with E-state index in [-0.39, 0.29) is 24.6 Å². The molecule has 6 rings (SSSR count). The third kappa shape index (κ3) is 5.12. The average molecular weight is 538 g/mol. The summed E-state index contributed by atoms with van der Waals surface area (Å²) in [6.45, 7) is 4.34. The van der Waals surface area contributed by atoms with Crippen molar-refractivity contribution in [3.8, 4) is 5.75 Å². The number of pyridine rings is 1. The van der Waals surface area contributed by atoms with Gasteiger partial charge in [-0.1, -0.05) is 24.3 Å². The number of nitrogens with zero attached hydrogens (tertiary/aromatic N) is 3. The van der Waals surface area contributed by atoms with Crippen LogP contribution in [0.15, 0.2) is 85.1 Å². The smallest absolute Gasteiger partial charge is 0.262 e. The number of ether oxygens (including phenoxy) is 1. The zero-order valence-corrected chi connectivity index (χ0v) is 22.8. The van der Waals surface area contributed by atoms with E-state index in [1.807, 2.05) is 79.0 Å². The highest BCUT2D eigenvalue weighted by Crippen LogP contribution is 2.46. The quantitative estimate of drug-likeness (QED) is 0.268. The van der Waals surface area contributed by atoms with Gasteiger partial charge < -0.3 is 24.8 Å². The summed E-state index contributed by atoms with van der Waals surface area (Å²) in [7, 11) is 0. The highest BCUT2D eigenvalue weighted by molar-refractivity contribution is 7.80. The molecule has 0 bridgehead atoms. The van der Waals surface area contributed by atoms with E-state index in [4.69, 9.17) is 17.0 Å². The summed E-state index contributed by atoms with van der Waals surface area (Å²) in [6, 6.07) is 25.8. The van der Waals surface area contributed by atoms with Gasteiger partial charge in [-0.2, -0.15) is 0 Å². The number of aromatic nitrogens is 2. The van der Waals surface area contributed by atoms with Crippen molar-refractivity contribution in [2.75, 3.05) is 16.8 Å². The molecule has 2 atom stereocenters. The Morgan fingerprint density at radius 1 is 1.05 bits per heavy atom. The van der Waals surface area contributed by atoms with Gasteiger partial charge in [0.1, 0.15) is 5.75 Å². The molecule has 0 spiro atoms. The minimum absolute atomic E-state index is 0.0592. The predicted octanol–water partition coefficient (Wildman–Crippen LogP) is 6.03. The van der Waals surface area contributed by atoms with Crippen LogP contribution in [0, 0.1) is 13.8 Å². The lowest BCUT2D eigenvalue weighted by Crippen LogP contribution is -2.29. The standard InChI is InChI=1S/C31H31N5O2S/c1-20-18-26(21(2)35(20)23-15-16-23)30-29(27-10-6-7-17-32-27)34-31(39)36(30)24-13-11-22(12-14-24)33-28(37)19-38-25-8-4-3-5-9-25/h3-14,17-18,23,29-30H,15-16,19H2,1-2H3,(H,33,37)(H,34,39)/t29-,30+/m1/s1. The molecule has 1 saturated heterocycles. The number of carbonyl (C=O) groups excluding carboxylic acids is 1. The Morgan fingerprint density at radius 3 is 2.49 bits per heavy atom. The maximum atomic E-state index is 12.5. The van der Waals surface area contributed by atoms with Crippen LogP contribution < -0.4 is 20.3 Å². The van der Waals surface area contributed by atoms with Crippen LogP contribution >= 0.6 is 12.2 Å². The molecule has 7 nitrogen and oxygen atoms in total. The normalized spacial score (nSPS) is 18.6. The summed E-state index contributed by atoms with van der Waals surface area (Å²) in [5.41, 5.74) is 6.40. The lowest BCUT2D eigenvalue weighted by atomic mass is 9.96. The Bertz CT molecular complexity index is 1480. The van der Waals surface area contributed by atoms with Gasteiger partial charge in [0.2, 0.25) is 0 Å². The molecule has 0 unspecified atom stereocenters. The number of benzene rings is 2. The SMILES string of the molecule is Cc1cc([C@H]2[C@@H](c3ccccn3)NC(=S)N2c2ccc(NC(=O)COc3ccccc3)cc2)c(C)n1C1CC1. The van der Waals surface area contributed by atoms with Crippen LogP contribution in [-0.2, 0) is 4.79 Å². The van der Waals surface area contributed by atoms with Crippen LogP contribution in [-0.4, -0.2) is 27.2 Å². The molecule has 2 fully saturated rings. The van der Waals surface area contributed by atoms with Gasteiger partial charge in [0.15, 0.2) is 11.7 Å². The van der Waals surface area contributed by atoms with E-state index >= 15 is 0 Å². The zero-order chi connectivity index (χ0) is 26.9. The molecular formula is C31H31N5O2S. The van der Waals surface area contributed by atoms with Gasteiger partial charge in [-0.15, -0.1) is 0 Å². The second-order valence-corrected chi connectivity index (χ2v) is 10.5. The number of aryl methyl sites for hydroxylation is 1. The number of hydrogen-bond acceptors (Lipinski definition) is 4. The molecule has 8 heteroatoms. The second-order valence-electron chi connectivity index (χ2n) is 10.1. The van der Waals surface area contributed by atoms with E-state index in [0.717, 1.165) is 11.4 Å². The van der Waals surface area contributed by atoms with Crippen molar-refractivity contribution in [2.24, 2.45) is 0 Å². The minimum atomic E-state index is -0.217. The molecule has 0 radical (unpaired) electrons. The van der Waals surface area contributed by atoms with Crippen LogP contribution in [0.1, 0.15) is 53.6 Å². The molecule has 4 aromatic rings. The Hall–Kier alpha value is -4.17. The zero-order valence-electron chi connectivity index (χ0n) is 22.0. The molecule has 198 valence electrons. The first-order valence-electron chi connectivity index (χ1n) is 13.3. The Labute approximate surface area is 233 Å². The van der Waals surface area contributed by atoms with Gasteiger partial charge in [0, 0.05) is 35.0 Å². The maximum Gasteiger partial charge on any atom is 0.262 e. The Kier molecular flexibility index (Phi) is 6.79. The lowest BCUT2D eigenvalue weighted by Gasteiger charge is -2.28. The number of rotatable bonds is 8. The number of hydrogen-bond donors (Lipinski definition) is 2. The van der Waals surface area contributed by atoms with E-state index < -0.39 is 0 Å². The summed E-state index contributed by atoms with van der Waals surface area (Å²) in [6.07, 6.45) is 4.29. The van der Waals surface area contributed by atoms with E-state index in [1.54, 1.807) is 0 Å². The monoisotopic (exact) mass is 537 g/mol. The average Bonchev–Trinajstić information content (AvgIpc) is 3.67. The van der Waals surface area contributed by atoms with Crippen molar-refractivity contribution in [1.29, 1.82) is 0 Å². The fourth-order valence-corrected chi connectivity index (χ4v) is 5.86. The number of para-hydroxylation sites is 1. The number of nitrogens with one attached hydrogen (secondary N) is 2. The molecule has 1 amide bonds. The Morgan fingerprint density at radius 2 is 1.79 bits per heavy atom. The van der Waals surface area contributed by atoms with Crippen molar-refractivity contribution < 1.29 is 9.53 Å². The minimum Gasteiger partial charge on any atom is -0.484 e. The number of thiocarbonyl (C=S) groups is 1. The van der Waals surface area contributed by atoms with Gasteiger partial charge >= 0.3 is 0 Å². The summed E-state index contributed by atoms with van der Waals surface area (Å²) in [5, 5.41) is 7.11. The van der Waals surface area contributed by atoms with Gasteiger partial charge in [-0.05, 0) is 99.1 Å².